The Morgan fingerprint density at radius 3 is 3.15 bits per heavy atom. The highest BCUT2D eigenvalue weighted by molar-refractivity contribution is 5.97. The van der Waals surface area contributed by atoms with E-state index in [-0.39, 0.29) is 17.9 Å². The lowest BCUT2D eigenvalue weighted by molar-refractivity contribution is -0.134. The van der Waals surface area contributed by atoms with Crippen molar-refractivity contribution in [1.29, 1.82) is 0 Å². The summed E-state index contributed by atoms with van der Waals surface area (Å²) in [5, 5.41) is 0. The Bertz CT molecular complexity index is 501. The molecule has 2 aliphatic heterocycles. The average molecular weight is 274 g/mol. The van der Waals surface area contributed by atoms with Gasteiger partial charge in [-0.25, -0.2) is 0 Å². The first-order chi connectivity index (χ1) is 9.68. The van der Waals surface area contributed by atoms with Gasteiger partial charge in [-0.1, -0.05) is 13.8 Å². The van der Waals surface area contributed by atoms with E-state index in [0.717, 1.165) is 38.1 Å². The quantitative estimate of drug-likeness (QED) is 0.831. The van der Waals surface area contributed by atoms with Crippen LogP contribution in [0.5, 0.6) is 0 Å². The van der Waals surface area contributed by atoms with Crippen LogP contribution in [0.3, 0.4) is 0 Å². The van der Waals surface area contributed by atoms with E-state index in [4.69, 9.17) is 4.74 Å². The summed E-state index contributed by atoms with van der Waals surface area (Å²) in [5.74, 6) is 0.611. The van der Waals surface area contributed by atoms with Crippen molar-refractivity contribution in [2.75, 3.05) is 18.1 Å². The molecule has 0 aromatic carbocycles. The standard InChI is InChI=1S/C16H22N2O2/c1-11(2)15-13(4-3-9-20-15)16(19)18-8-6-12-10-17-7-5-14(12)18/h5,7,10-11,13,15H,3-4,6,8-9H2,1-2H3/t13-,15-/m1/s1. The van der Waals surface area contributed by atoms with E-state index in [1.807, 2.05) is 17.2 Å². The SMILES string of the molecule is CC(C)[C@H]1OCCC[C@H]1C(=O)N1CCc2cnccc21. The first-order valence-corrected chi connectivity index (χ1v) is 7.54. The summed E-state index contributed by atoms with van der Waals surface area (Å²) < 4.78 is 5.86. The fourth-order valence-corrected chi connectivity index (χ4v) is 3.38. The van der Waals surface area contributed by atoms with E-state index in [9.17, 15) is 4.79 Å². The molecule has 0 bridgehead atoms. The van der Waals surface area contributed by atoms with E-state index >= 15 is 0 Å². The minimum absolute atomic E-state index is 0.00265. The van der Waals surface area contributed by atoms with Crippen molar-refractivity contribution in [3.05, 3.63) is 24.0 Å². The zero-order valence-corrected chi connectivity index (χ0v) is 12.2. The average Bonchev–Trinajstić information content (AvgIpc) is 2.90. The predicted octanol–water partition coefficient (Wildman–Crippen LogP) is 2.42. The zero-order valence-electron chi connectivity index (χ0n) is 12.2. The maximum atomic E-state index is 12.9. The first kappa shape index (κ1) is 13.6. The molecule has 0 unspecified atom stereocenters. The predicted molar refractivity (Wildman–Crippen MR) is 77.6 cm³/mol. The van der Waals surface area contributed by atoms with Gasteiger partial charge in [0.05, 0.1) is 12.0 Å². The van der Waals surface area contributed by atoms with Gasteiger partial charge < -0.3 is 9.64 Å². The lowest BCUT2D eigenvalue weighted by Crippen LogP contribution is -2.45. The van der Waals surface area contributed by atoms with Crippen molar-refractivity contribution < 1.29 is 9.53 Å². The number of ether oxygens (including phenoxy) is 1. The molecule has 3 rings (SSSR count). The van der Waals surface area contributed by atoms with Crippen LogP contribution in [0, 0.1) is 11.8 Å². The molecule has 3 heterocycles. The Morgan fingerprint density at radius 1 is 1.50 bits per heavy atom. The molecular formula is C16H22N2O2. The number of hydrogen-bond donors (Lipinski definition) is 0. The fraction of sp³-hybridized carbons (Fsp3) is 0.625. The maximum absolute atomic E-state index is 12.9. The summed E-state index contributed by atoms with van der Waals surface area (Å²) in [6, 6.07) is 1.95. The second kappa shape index (κ2) is 5.52. The third kappa shape index (κ3) is 2.33. The number of amides is 1. The largest absolute Gasteiger partial charge is 0.377 e. The molecule has 0 spiro atoms. The van der Waals surface area contributed by atoms with Gasteiger partial charge in [-0.05, 0) is 36.8 Å². The minimum atomic E-state index is 0.00265. The van der Waals surface area contributed by atoms with Crippen LogP contribution in [0.1, 0.15) is 32.3 Å². The van der Waals surface area contributed by atoms with Crippen molar-refractivity contribution in [1.82, 2.24) is 4.98 Å². The fourth-order valence-electron chi connectivity index (χ4n) is 3.38. The van der Waals surface area contributed by atoms with Crippen molar-refractivity contribution in [3.63, 3.8) is 0 Å². The molecule has 1 aromatic rings. The third-order valence-electron chi connectivity index (χ3n) is 4.38. The summed E-state index contributed by atoms with van der Waals surface area (Å²) in [7, 11) is 0. The van der Waals surface area contributed by atoms with E-state index in [1.54, 1.807) is 6.20 Å². The Balaban J connectivity index is 1.82. The van der Waals surface area contributed by atoms with Crippen molar-refractivity contribution in [3.8, 4) is 0 Å². The molecule has 20 heavy (non-hydrogen) atoms. The molecule has 0 N–H and O–H groups in total. The van der Waals surface area contributed by atoms with Crippen LogP contribution in [-0.2, 0) is 16.0 Å². The molecule has 1 fully saturated rings. The highest BCUT2D eigenvalue weighted by Crippen LogP contribution is 2.33. The van der Waals surface area contributed by atoms with Gasteiger partial charge in [0, 0.05) is 31.2 Å². The van der Waals surface area contributed by atoms with Gasteiger partial charge in [-0.2, -0.15) is 0 Å². The summed E-state index contributed by atoms with van der Waals surface area (Å²) in [4.78, 5) is 19.0. The summed E-state index contributed by atoms with van der Waals surface area (Å²) >= 11 is 0. The van der Waals surface area contributed by atoms with Crippen molar-refractivity contribution in [2.24, 2.45) is 11.8 Å². The van der Waals surface area contributed by atoms with Crippen LogP contribution < -0.4 is 4.90 Å². The van der Waals surface area contributed by atoms with E-state index < -0.39 is 0 Å². The molecule has 108 valence electrons. The molecule has 1 aromatic heterocycles. The Kier molecular flexibility index (Phi) is 3.74. The Labute approximate surface area is 120 Å². The van der Waals surface area contributed by atoms with Gasteiger partial charge >= 0.3 is 0 Å². The highest BCUT2D eigenvalue weighted by Gasteiger charge is 2.38. The third-order valence-corrected chi connectivity index (χ3v) is 4.38. The smallest absolute Gasteiger partial charge is 0.232 e. The number of nitrogens with zero attached hydrogens (tertiary/aromatic N) is 2. The van der Waals surface area contributed by atoms with E-state index in [1.165, 1.54) is 5.56 Å². The molecule has 2 aliphatic rings. The van der Waals surface area contributed by atoms with Crippen molar-refractivity contribution in [2.45, 2.75) is 39.2 Å². The van der Waals surface area contributed by atoms with Gasteiger partial charge in [0.1, 0.15) is 0 Å². The Morgan fingerprint density at radius 2 is 2.35 bits per heavy atom. The number of carbonyl (C=O) groups excluding carboxylic acids is 1. The molecule has 0 saturated carbocycles. The summed E-state index contributed by atoms with van der Waals surface area (Å²) in [6.07, 6.45) is 6.54. The van der Waals surface area contributed by atoms with E-state index in [0.29, 0.717) is 5.92 Å². The number of carbonyl (C=O) groups is 1. The van der Waals surface area contributed by atoms with Crippen molar-refractivity contribution >= 4 is 11.6 Å². The highest BCUT2D eigenvalue weighted by atomic mass is 16.5. The second-order valence-corrected chi connectivity index (χ2v) is 6.07. The molecular weight excluding hydrogens is 252 g/mol. The maximum Gasteiger partial charge on any atom is 0.232 e. The molecule has 1 saturated heterocycles. The number of pyridine rings is 1. The summed E-state index contributed by atoms with van der Waals surface area (Å²) in [5.41, 5.74) is 2.22. The molecule has 2 atom stereocenters. The lowest BCUT2D eigenvalue weighted by Gasteiger charge is -2.35. The number of fused-ring (bicyclic) bond motifs is 1. The van der Waals surface area contributed by atoms with Gasteiger partial charge in [0.15, 0.2) is 0 Å². The van der Waals surface area contributed by atoms with Gasteiger partial charge in [-0.15, -0.1) is 0 Å². The zero-order chi connectivity index (χ0) is 14.1. The molecule has 4 heteroatoms. The van der Waals surface area contributed by atoms with Crippen LogP contribution in [0.25, 0.3) is 0 Å². The van der Waals surface area contributed by atoms with Gasteiger partial charge in [-0.3, -0.25) is 9.78 Å². The van der Waals surface area contributed by atoms with Crippen LogP contribution in [0.2, 0.25) is 0 Å². The second-order valence-electron chi connectivity index (χ2n) is 6.07. The summed E-state index contributed by atoms with van der Waals surface area (Å²) in [6.45, 7) is 5.84. The monoisotopic (exact) mass is 274 g/mol. The number of anilines is 1. The molecule has 0 aliphatic carbocycles. The number of aromatic nitrogens is 1. The number of hydrogen-bond acceptors (Lipinski definition) is 3. The number of rotatable bonds is 2. The lowest BCUT2D eigenvalue weighted by atomic mass is 9.86. The molecule has 4 nitrogen and oxygen atoms in total. The molecule has 0 radical (unpaired) electrons. The topological polar surface area (TPSA) is 42.4 Å². The van der Waals surface area contributed by atoms with Crippen LogP contribution >= 0.6 is 0 Å². The van der Waals surface area contributed by atoms with Crippen LogP contribution in [0.4, 0.5) is 5.69 Å². The van der Waals surface area contributed by atoms with E-state index in [2.05, 4.69) is 18.8 Å². The normalized spacial score (nSPS) is 25.9. The van der Waals surface area contributed by atoms with Crippen LogP contribution in [0.15, 0.2) is 18.5 Å². The van der Waals surface area contributed by atoms with Crippen LogP contribution in [-0.4, -0.2) is 30.1 Å². The minimum Gasteiger partial charge on any atom is -0.377 e. The van der Waals surface area contributed by atoms with Gasteiger partial charge in [0.25, 0.3) is 0 Å². The molecule has 1 amide bonds. The van der Waals surface area contributed by atoms with Gasteiger partial charge in [0.2, 0.25) is 5.91 Å². The first-order valence-electron chi connectivity index (χ1n) is 7.54. The Hall–Kier alpha value is -1.42.